The number of hydrogen-bond donors (Lipinski definition) is 3. The lowest BCUT2D eigenvalue weighted by Gasteiger charge is -2.18. The van der Waals surface area contributed by atoms with Crippen molar-refractivity contribution in [1.82, 2.24) is 5.32 Å². The molecule has 4 N–H and O–H groups in total. The van der Waals surface area contributed by atoms with Gasteiger partial charge in [-0.1, -0.05) is 27.2 Å². The molecule has 1 amide bonds. The highest BCUT2D eigenvalue weighted by Crippen LogP contribution is 2.06. The molecule has 4 heteroatoms. The first kappa shape index (κ1) is 15.4. The Morgan fingerprint density at radius 2 is 2.06 bits per heavy atom. The van der Waals surface area contributed by atoms with Gasteiger partial charge in [0, 0.05) is 13.2 Å². The Hall–Kier alpha value is -0.610. The average Bonchev–Trinajstić information content (AvgIpc) is 2.22. The summed E-state index contributed by atoms with van der Waals surface area (Å²) < 4.78 is 0. The summed E-state index contributed by atoms with van der Waals surface area (Å²) >= 11 is 0. The molecular formula is C12H26N2O2. The summed E-state index contributed by atoms with van der Waals surface area (Å²) in [7, 11) is 0. The zero-order valence-corrected chi connectivity index (χ0v) is 10.7. The van der Waals surface area contributed by atoms with Gasteiger partial charge in [-0.25, -0.2) is 0 Å². The summed E-state index contributed by atoms with van der Waals surface area (Å²) in [6.45, 7) is 6.94. The quantitative estimate of drug-likeness (QED) is 0.579. The third-order valence-corrected chi connectivity index (χ3v) is 2.74. The van der Waals surface area contributed by atoms with E-state index in [0.29, 0.717) is 24.8 Å². The monoisotopic (exact) mass is 230 g/mol. The van der Waals surface area contributed by atoms with Gasteiger partial charge >= 0.3 is 0 Å². The van der Waals surface area contributed by atoms with Crippen molar-refractivity contribution in [2.24, 2.45) is 17.6 Å². The van der Waals surface area contributed by atoms with Crippen LogP contribution >= 0.6 is 0 Å². The average molecular weight is 230 g/mol. The number of amides is 1. The Labute approximate surface area is 98.6 Å². The lowest BCUT2D eigenvalue weighted by atomic mass is 10.0. The van der Waals surface area contributed by atoms with Crippen LogP contribution in [0.25, 0.3) is 0 Å². The summed E-state index contributed by atoms with van der Waals surface area (Å²) in [6.07, 6.45) is 2.40. The maximum Gasteiger partial charge on any atom is 0.236 e. The van der Waals surface area contributed by atoms with E-state index >= 15 is 0 Å². The first-order valence-corrected chi connectivity index (χ1v) is 6.15. The number of carbonyl (C=O) groups is 1. The third-order valence-electron chi connectivity index (χ3n) is 2.74. The van der Waals surface area contributed by atoms with Gasteiger partial charge in [0.2, 0.25) is 5.91 Å². The van der Waals surface area contributed by atoms with Crippen molar-refractivity contribution >= 4 is 5.91 Å². The Kier molecular flexibility index (Phi) is 8.21. The van der Waals surface area contributed by atoms with Gasteiger partial charge in [0.05, 0.1) is 6.04 Å². The van der Waals surface area contributed by atoms with E-state index < -0.39 is 6.04 Å². The topological polar surface area (TPSA) is 75.3 Å². The molecule has 0 bridgehead atoms. The van der Waals surface area contributed by atoms with Crippen LogP contribution < -0.4 is 11.1 Å². The van der Waals surface area contributed by atoms with Crippen LogP contribution in [-0.2, 0) is 4.79 Å². The van der Waals surface area contributed by atoms with Gasteiger partial charge in [0.25, 0.3) is 0 Å². The predicted octanol–water partition coefficient (Wildman–Crippen LogP) is 0.885. The fourth-order valence-electron chi connectivity index (χ4n) is 1.62. The summed E-state index contributed by atoms with van der Waals surface area (Å²) in [6, 6.07) is -0.411. The molecule has 0 spiro atoms. The Balaban J connectivity index is 3.86. The fraction of sp³-hybridized carbons (Fsp3) is 0.917. The number of nitrogens with one attached hydrogen (secondary N) is 1. The van der Waals surface area contributed by atoms with Gasteiger partial charge in [0.1, 0.15) is 0 Å². The zero-order valence-electron chi connectivity index (χ0n) is 10.7. The molecule has 0 aromatic rings. The molecule has 96 valence electrons. The van der Waals surface area contributed by atoms with E-state index in [0.717, 1.165) is 12.8 Å². The maximum absolute atomic E-state index is 11.6. The smallest absolute Gasteiger partial charge is 0.236 e. The van der Waals surface area contributed by atoms with E-state index in [4.69, 9.17) is 10.8 Å². The molecule has 1 unspecified atom stereocenters. The van der Waals surface area contributed by atoms with E-state index in [1.807, 2.05) is 13.8 Å². The van der Waals surface area contributed by atoms with E-state index in [9.17, 15) is 4.79 Å². The molecule has 0 radical (unpaired) electrons. The van der Waals surface area contributed by atoms with Crippen molar-refractivity contribution in [2.45, 2.75) is 46.1 Å². The van der Waals surface area contributed by atoms with E-state index in [2.05, 4.69) is 12.2 Å². The number of nitrogens with two attached hydrogens (primary N) is 1. The summed E-state index contributed by atoms with van der Waals surface area (Å²) in [5.41, 5.74) is 5.76. The van der Waals surface area contributed by atoms with E-state index in [1.165, 1.54) is 0 Å². The van der Waals surface area contributed by atoms with Crippen LogP contribution in [0.2, 0.25) is 0 Å². The van der Waals surface area contributed by atoms with Gasteiger partial charge in [-0.2, -0.15) is 0 Å². The molecule has 0 heterocycles. The van der Waals surface area contributed by atoms with Crippen molar-refractivity contribution in [3.63, 3.8) is 0 Å². The van der Waals surface area contributed by atoms with Gasteiger partial charge in [0.15, 0.2) is 0 Å². The van der Waals surface area contributed by atoms with Crippen molar-refractivity contribution in [3.05, 3.63) is 0 Å². The van der Waals surface area contributed by atoms with Crippen molar-refractivity contribution in [3.8, 4) is 0 Å². The van der Waals surface area contributed by atoms with Crippen molar-refractivity contribution in [2.75, 3.05) is 13.2 Å². The minimum atomic E-state index is -0.411. The minimum Gasteiger partial charge on any atom is -0.396 e. The minimum absolute atomic E-state index is 0.0786. The highest BCUT2D eigenvalue weighted by molar-refractivity contribution is 5.81. The molecule has 0 rings (SSSR count). The first-order chi connectivity index (χ1) is 7.51. The van der Waals surface area contributed by atoms with Crippen LogP contribution in [0.15, 0.2) is 0 Å². The molecular weight excluding hydrogens is 204 g/mol. The lowest BCUT2D eigenvalue weighted by Crippen LogP contribution is -2.43. The number of rotatable bonds is 8. The van der Waals surface area contributed by atoms with Crippen LogP contribution in [0.3, 0.4) is 0 Å². The predicted molar refractivity (Wildman–Crippen MR) is 65.9 cm³/mol. The summed E-state index contributed by atoms with van der Waals surface area (Å²) in [5, 5.41) is 11.7. The van der Waals surface area contributed by atoms with Crippen LogP contribution in [-0.4, -0.2) is 30.2 Å². The maximum atomic E-state index is 11.6. The van der Waals surface area contributed by atoms with Crippen molar-refractivity contribution in [1.29, 1.82) is 0 Å². The highest BCUT2D eigenvalue weighted by atomic mass is 16.3. The zero-order chi connectivity index (χ0) is 12.6. The molecule has 0 aliphatic heterocycles. The molecule has 0 aromatic carbocycles. The normalized spacial score (nSPS) is 14.9. The van der Waals surface area contributed by atoms with Crippen LogP contribution in [0.5, 0.6) is 0 Å². The Morgan fingerprint density at radius 3 is 2.50 bits per heavy atom. The third kappa shape index (κ3) is 6.80. The van der Waals surface area contributed by atoms with E-state index in [-0.39, 0.29) is 12.5 Å². The molecule has 0 saturated carbocycles. The second-order valence-corrected chi connectivity index (χ2v) is 4.77. The molecule has 0 fully saturated rings. The number of hydrogen-bond acceptors (Lipinski definition) is 3. The molecule has 0 saturated heterocycles. The van der Waals surface area contributed by atoms with Gasteiger partial charge in [-0.05, 0) is 24.7 Å². The Morgan fingerprint density at radius 1 is 1.44 bits per heavy atom. The molecule has 16 heavy (non-hydrogen) atoms. The number of aliphatic hydroxyl groups is 1. The summed E-state index contributed by atoms with van der Waals surface area (Å²) in [4.78, 5) is 11.6. The van der Waals surface area contributed by atoms with E-state index in [1.54, 1.807) is 0 Å². The molecule has 4 nitrogen and oxygen atoms in total. The highest BCUT2D eigenvalue weighted by Gasteiger charge is 2.15. The SMILES string of the molecule is CCC(CCO)CNC(=O)[C@H](N)CC(C)C. The van der Waals surface area contributed by atoms with Crippen LogP contribution in [0, 0.1) is 11.8 Å². The standard InChI is InChI=1S/C12H26N2O2/c1-4-10(5-6-15)8-14-12(16)11(13)7-9(2)3/h9-11,15H,4-8,13H2,1-3H3,(H,14,16)/t10?,11-/m1/s1. The molecule has 2 atom stereocenters. The largest absolute Gasteiger partial charge is 0.396 e. The van der Waals surface area contributed by atoms with Crippen molar-refractivity contribution < 1.29 is 9.90 Å². The molecule has 0 aliphatic rings. The fourth-order valence-corrected chi connectivity index (χ4v) is 1.62. The molecule has 0 aromatic heterocycles. The number of aliphatic hydroxyl groups excluding tert-OH is 1. The summed E-state index contributed by atoms with van der Waals surface area (Å²) in [5.74, 6) is 0.699. The van der Waals surface area contributed by atoms with Crippen LogP contribution in [0.4, 0.5) is 0 Å². The van der Waals surface area contributed by atoms with Gasteiger partial charge in [-0.15, -0.1) is 0 Å². The Bertz CT molecular complexity index is 195. The van der Waals surface area contributed by atoms with Gasteiger partial charge in [-0.3, -0.25) is 4.79 Å². The van der Waals surface area contributed by atoms with Gasteiger partial charge < -0.3 is 16.2 Å². The number of carbonyl (C=O) groups excluding carboxylic acids is 1. The second kappa shape index (κ2) is 8.53. The molecule has 0 aliphatic carbocycles. The van der Waals surface area contributed by atoms with Crippen LogP contribution in [0.1, 0.15) is 40.0 Å². The lowest BCUT2D eigenvalue weighted by molar-refractivity contribution is -0.122. The first-order valence-electron chi connectivity index (χ1n) is 6.15. The second-order valence-electron chi connectivity index (χ2n) is 4.77.